The number of amides is 2. The molecule has 0 aliphatic heterocycles. The Morgan fingerprint density at radius 1 is 0.848 bits per heavy atom. The van der Waals surface area contributed by atoms with Crippen molar-refractivity contribution in [3.05, 3.63) is 71.8 Å². The lowest BCUT2D eigenvalue weighted by Gasteiger charge is -2.26. The summed E-state index contributed by atoms with van der Waals surface area (Å²) in [6, 6.07) is 16.9. The molecule has 0 saturated carbocycles. The predicted molar refractivity (Wildman–Crippen MR) is 126 cm³/mol. The fourth-order valence-electron chi connectivity index (χ4n) is 3.08. The summed E-state index contributed by atoms with van der Waals surface area (Å²) < 4.78 is 10.8. The van der Waals surface area contributed by atoms with Crippen LogP contribution in [0.4, 0.5) is 4.79 Å². The average molecular weight is 455 g/mol. The number of alkyl carbamates (subject to hydrolysis) is 1. The van der Waals surface area contributed by atoms with Crippen molar-refractivity contribution in [2.75, 3.05) is 0 Å². The first-order valence-electron chi connectivity index (χ1n) is 11.1. The molecule has 33 heavy (non-hydrogen) atoms. The van der Waals surface area contributed by atoms with Gasteiger partial charge in [-0.05, 0) is 37.8 Å². The van der Waals surface area contributed by atoms with Crippen LogP contribution >= 0.6 is 0 Å². The van der Waals surface area contributed by atoms with Gasteiger partial charge in [0.2, 0.25) is 5.91 Å². The molecule has 7 heteroatoms. The zero-order chi connectivity index (χ0) is 24.4. The lowest BCUT2D eigenvalue weighted by molar-refractivity contribution is -0.150. The van der Waals surface area contributed by atoms with Gasteiger partial charge in [0.25, 0.3) is 0 Å². The van der Waals surface area contributed by atoms with Crippen molar-refractivity contribution < 1.29 is 23.9 Å². The normalized spacial score (nSPS) is 13.0. The quantitative estimate of drug-likeness (QED) is 0.559. The molecule has 7 nitrogen and oxygen atoms in total. The summed E-state index contributed by atoms with van der Waals surface area (Å²) in [6.45, 7) is 9.00. The number of nitrogens with one attached hydrogen (secondary N) is 2. The molecule has 0 radical (unpaired) electrons. The van der Waals surface area contributed by atoms with Crippen LogP contribution < -0.4 is 10.6 Å². The Kier molecular flexibility index (Phi) is 9.45. The maximum absolute atomic E-state index is 13.2. The van der Waals surface area contributed by atoms with Gasteiger partial charge in [-0.2, -0.15) is 0 Å². The summed E-state index contributed by atoms with van der Waals surface area (Å²) in [6.07, 6.45) is -0.457. The van der Waals surface area contributed by atoms with Gasteiger partial charge in [0.15, 0.2) is 0 Å². The third-order valence-electron chi connectivity index (χ3n) is 4.73. The van der Waals surface area contributed by atoms with Crippen LogP contribution in [0.5, 0.6) is 0 Å². The van der Waals surface area contributed by atoms with Crippen LogP contribution in [0.3, 0.4) is 0 Å². The highest BCUT2D eigenvalue weighted by atomic mass is 16.6. The van der Waals surface area contributed by atoms with Gasteiger partial charge in [-0.1, -0.05) is 74.5 Å². The van der Waals surface area contributed by atoms with E-state index in [4.69, 9.17) is 9.47 Å². The maximum Gasteiger partial charge on any atom is 0.408 e. The maximum atomic E-state index is 13.2. The molecule has 2 amide bonds. The Bertz CT molecular complexity index is 907. The number of benzene rings is 2. The van der Waals surface area contributed by atoms with Crippen LogP contribution in [0, 0.1) is 5.92 Å². The first kappa shape index (κ1) is 25.9. The van der Waals surface area contributed by atoms with E-state index in [-0.39, 0.29) is 18.9 Å². The summed E-state index contributed by atoms with van der Waals surface area (Å²) in [4.78, 5) is 38.3. The van der Waals surface area contributed by atoms with Crippen LogP contribution in [0.25, 0.3) is 0 Å². The largest absolute Gasteiger partial charge is 0.459 e. The van der Waals surface area contributed by atoms with Crippen LogP contribution in [-0.4, -0.2) is 35.7 Å². The van der Waals surface area contributed by atoms with Crippen molar-refractivity contribution >= 4 is 18.0 Å². The number of hydrogen-bond acceptors (Lipinski definition) is 5. The summed E-state index contributed by atoms with van der Waals surface area (Å²) in [5, 5.41) is 5.39. The van der Waals surface area contributed by atoms with Gasteiger partial charge < -0.3 is 20.1 Å². The molecule has 0 bridgehead atoms. The molecule has 2 rings (SSSR count). The fraction of sp³-hybridized carbons (Fsp3) is 0.423. The van der Waals surface area contributed by atoms with Gasteiger partial charge >= 0.3 is 12.1 Å². The Balaban J connectivity index is 2.10. The van der Waals surface area contributed by atoms with Gasteiger partial charge in [-0.25, -0.2) is 9.59 Å². The van der Waals surface area contributed by atoms with Gasteiger partial charge in [0.05, 0.1) is 0 Å². The highest BCUT2D eigenvalue weighted by Crippen LogP contribution is 2.11. The van der Waals surface area contributed by atoms with Crippen LogP contribution in [0.2, 0.25) is 0 Å². The van der Waals surface area contributed by atoms with E-state index in [0.29, 0.717) is 0 Å². The van der Waals surface area contributed by atoms with Crippen molar-refractivity contribution in [1.82, 2.24) is 10.6 Å². The summed E-state index contributed by atoms with van der Waals surface area (Å²) >= 11 is 0. The SMILES string of the molecule is CC(C)[C@@H](NC(=O)[C@@H](Cc1ccccc1)NC(=O)OC(C)(C)C)C(=O)OCc1ccccc1. The van der Waals surface area contributed by atoms with E-state index in [2.05, 4.69) is 10.6 Å². The molecule has 2 atom stereocenters. The summed E-state index contributed by atoms with van der Waals surface area (Å²) in [5.41, 5.74) is 1.01. The minimum absolute atomic E-state index is 0.113. The number of carbonyl (C=O) groups is 3. The Hall–Kier alpha value is -3.35. The van der Waals surface area contributed by atoms with E-state index < -0.39 is 35.7 Å². The molecule has 2 N–H and O–H groups in total. The lowest BCUT2D eigenvalue weighted by atomic mass is 10.0. The molecule has 0 aliphatic rings. The first-order chi connectivity index (χ1) is 15.5. The molecule has 0 spiro atoms. The fourth-order valence-corrected chi connectivity index (χ4v) is 3.08. The molecule has 0 unspecified atom stereocenters. The minimum atomic E-state index is -0.926. The molecule has 0 heterocycles. The van der Waals surface area contributed by atoms with E-state index in [1.807, 2.05) is 74.5 Å². The Labute approximate surface area is 195 Å². The minimum Gasteiger partial charge on any atom is -0.459 e. The number of hydrogen-bond donors (Lipinski definition) is 2. The van der Waals surface area contributed by atoms with E-state index in [0.717, 1.165) is 11.1 Å². The molecule has 0 fully saturated rings. The third kappa shape index (κ3) is 9.35. The van der Waals surface area contributed by atoms with Crippen molar-refractivity contribution in [2.24, 2.45) is 5.92 Å². The zero-order valence-corrected chi connectivity index (χ0v) is 20.0. The van der Waals surface area contributed by atoms with Crippen molar-refractivity contribution in [1.29, 1.82) is 0 Å². The van der Waals surface area contributed by atoms with E-state index >= 15 is 0 Å². The van der Waals surface area contributed by atoms with Crippen molar-refractivity contribution in [2.45, 2.75) is 65.3 Å². The van der Waals surface area contributed by atoms with Gasteiger partial charge in [-0.15, -0.1) is 0 Å². The average Bonchev–Trinajstić information content (AvgIpc) is 2.75. The van der Waals surface area contributed by atoms with E-state index in [1.165, 1.54) is 0 Å². The third-order valence-corrected chi connectivity index (χ3v) is 4.73. The smallest absolute Gasteiger partial charge is 0.408 e. The molecule has 0 aromatic heterocycles. The number of ether oxygens (including phenoxy) is 2. The first-order valence-corrected chi connectivity index (χ1v) is 11.1. The topological polar surface area (TPSA) is 93.7 Å². The Morgan fingerprint density at radius 2 is 1.39 bits per heavy atom. The van der Waals surface area contributed by atoms with Crippen molar-refractivity contribution in [3.63, 3.8) is 0 Å². The van der Waals surface area contributed by atoms with Crippen LogP contribution in [0.15, 0.2) is 60.7 Å². The second kappa shape index (κ2) is 12.0. The number of rotatable bonds is 9. The highest BCUT2D eigenvalue weighted by molar-refractivity contribution is 5.90. The Morgan fingerprint density at radius 3 is 1.91 bits per heavy atom. The van der Waals surface area contributed by atoms with Crippen molar-refractivity contribution in [3.8, 4) is 0 Å². The van der Waals surface area contributed by atoms with E-state index in [9.17, 15) is 14.4 Å². The summed E-state index contributed by atoms with van der Waals surface area (Å²) in [5.74, 6) is -1.23. The lowest BCUT2D eigenvalue weighted by Crippen LogP contribution is -2.54. The van der Waals surface area contributed by atoms with E-state index in [1.54, 1.807) is 20.8 Å². The predicted octanol–water partition coefficient (Wildman–Crippen LogP) is 4.01. The second-order valence-corrected chi connectivity index (χ2v) is 9.21. The molecular weight excluding hydrogens is 420 g/mol. The summed E-state index contributed by atoms with van der Waals surface area (Å²) in [7, 11) is 0. The number of esters is 1. The second-order valence-electron chi connectivity index (χ2n) is 9.21. The molecule has 0 saturated heterocycles. The molecule has 2 aromatic rings. The number of carbonyl (C=O) groups excluding carboxylic acids is 3. The zero-order valence-electron chi connectivity index (χ0n) is 20.0. The molecule has 178 valence electrons. The monoisotopic (exact) mass is 454 g/mol. The molecular formula is C26H34N2O5. The molecule has 0 aliphatic carbocycles. The van der Waals surface area contributed by atoms with Crippen LogP contribution in [-0.2, 0) is 32.1 Å². The van der Waals surface area contributed by atoms with Gasteiger partial charge in [0, 0.05) is 6.42 Å². The van der Waals surface area contributed by atoms with Gasteiger partial charge in [0.1, 0.15) is 24.3 Å². The molecule has 2 aromatic carbocycles. The van der Waals surface area contributed by atoms with Gasteiger partial charge in [-0.3, -0.25) is 4.79 Å². The highest BCUT2D eigenvalue weighted by Gasteiger charge is 2.31. The standard InChI is InChI=1S/C26H34N2O5/c1-18(2)22(24(30)32-17-20-14-10-7-11-15-20)28-23(29)21(16-19-12-8-6-9-13-19)27-25(31)33-26(3,4)5/h6-15,18,21-22H,16-17H2,1-5H3,(H,27,31)(H,28,29)/t21-,22-/m1/s1. The van der Waals surface area contributed by atoms with Crippen LogP contribution in [0.1, 0.15) is 45.7 Å².